The Kier molecular flexibility index (Phi) is 1.70. The molecule has 6 nitrogen and oxygen atoms in total. The molecule has 0 radical (unpaired) electrons. The maximum atomic E-state index is 13.8. The van der Waals surface area contributed by atoms with Crippen molar-refractivity contribution in [1.29, 1.82) is 0 Å². The Hall–Kier alpha value is -1.21. The minimum atomic E-state index is -2.71. The molecule has 2 aliphatic carbocycles. The number of halogens is 1. The molecule has 15 heavy (non-hydrogen) atoms. The summed E-state index contributed by atoms with van der Waals surface area (Å²) in [5.74, 6) is -5.89. The molecule has 0 aromatic carbocycles. The Balaban J connectivity index is 2.38. The number of rotatable bonds is 2. The van der Waals surface area contributed by atoms with E-state index in [-0.39, 0.29) is 6.42 Å². The molecular weight excluding hydrogens is 209 g/mol. The minimum absolute atomic E-state index is 0.226. The summed E-state index contributed by atoms with van der Waals surface area (Å²) in [5.41, 5.74) is 0.789. The Labute approximate surface area is 83.5 Å². The lowest BCUT2D eigenvalue weighted by atomic mass is 9.92. The number of fused-ring (bicyclic) bond motifs is 1. The highest BCUT2D eigenvalue weighted by Gasteiger charge is 2.89. The second-order valence-corrected chi connectivity index (χ2v) is 4.12. The van der Waals surface area contributed by atoms with Crippen LogP contribution in [0.4, 0.5) is 4.39 Å². The van der Waals surface area contributed by atoms with E-state index in [0.717, 1.165) is 0 Å². The van der Waals surface area contributed by atoms with Crippen molar-refractivity contribution in [2.75, 3.05) is 0 Å². The van der Waals surface area contributed by atoms with Crippen LogP contribution in [-0.4, -0.2) is 44.6 Å². The van der Waals surface area contributed by atoms with Gasteiger partial charge in [0.25, 0.3) is 0 Å². The minimum Gasteiger partial charge on any atom is -0.481 e. The fourth-order valence-corrected chi connectivity index (χ4v) is 2.76. The number of alkyl halides is 1. The SMILES string of the molecule is NC12C(C(=O)O)C(O)CC1C2(F)C(=O)O. The van der Waals surface area contributed by atoms with Crippen LogP contribution in [-0.2, 0) is 9.59 Å². The number of carbonyl (C=O) groups is 2. The van der Waals surface area contributed by atoms with Crippen LogP contribution in [0.2, 0.25) is 0 Å². The van der Waals surface area contributed by atoms with E-state index < -0.39 is 41.1 Å². The number of hydrogen-bond donors (Lipinski definition) is 4. The summed E-state index contributed by atoms with van der Waals surface area (Å²) >= 11 is 0. The molecule has 0 heterocycles. The standard InChI is InChI=1S/C8H10FNO5/c9-7(6(14)15)3-1-2(11)4(5(12)13)8(3,7)10/h2-4,11H,1,10H2,(H,12,13)(H,14,15). The Morgan fingerprint density at radius 3 is 2.33 bits per heavy atom. The number of carboxylic acid groups (broad SMARTS) is 2. The van der Waals surface area contributed by atoms with E-state index in [0.29, 0.717) is 0 Å². The van der Waals surface area contributed by atoms with Gasteiger partial charge in [0.15, 0.2) is 0 Å². The van der Waals surface area contributed by atoms with E-state index in [2.05, 4.69) is 0 Å². The third kappa shape index (κ3) is 0.853. The summed E-state index contributed by atoms with van der Waals surface area (Å²) in [4.78, 5) is 21.4. The van der Waals surface area contributed by atoms with Gasteiger partial charge in [-0.15, -0.1) is 0 Å². The van der Waals surface area contributed by atoms with Crippen molar-refractivity contribution in [1.82, 2.24) is 0 Å². The number of aliphatic hydroxyl groups excluding tert-OH is 1. The van der Waals surface area contributed by atoms with Crippen LogP contribution in [0.1, 0.15) is 6.42 Å². The predicted octanol–water partition coefficient (Wildman–Crippen LogP) is -1.43. The maximum Gasteiger partial charge on any atom is 0.343 e. The second kappa shape index (κ2) is 2.48. The quantitative estimate of drug-likeness (QED) is 0.452. The van der Waals surface area contributed by atoms with Crippen molar-refractivity contribution in [3.8, 4) is 0 Å². The van der Waals surface area contributed by atoms with Gasteiger partial charge in [-0.25, -0.2) is 9.18 Å². The normalized spacial score (nSPS) is 52.3. The highest BCUT2D eigenvalue weighted by molar-refractivity contribution is 5.90. The van der Waals surface area contributed by atoms with Crippen molar-refractivity contribution in [2.24, 2.45) is 17.6 Å². The van der Waals surface area contributed by atoms with Gasteiger partial charge < -0.3 is 21.1 Å². The fourth-order valence-electron chi connectivity index (χ4n) is 2.76. The second-order valence-electron chi connectivity index (χ2n) is 4.12. The van der Waals surface area contributed by atoms with Gasteiger partial charge in [0, 0.05) is 5.92 Å². The van der Waals surface area contributed by atoms with Gasteiger partial charge in [-0.05, 0) is 6.42 Å². The Morgan fingerprint density at radius 2 is 1.93 bits per heavy atom. The molecule has 5 atom stereocenters. The highest BCUT2D eigenvalue weighted by atomic mass is 19.1. The molecule has 7 heteroatoms. The van der Waals surface area contributed by atoms with E-state index in [1.54, 1.807) is 0 Å². The van der Waals surface area contributed by atoms with E-state index in [1.807, 2.05) is 0 Å². The molecular formula is C8H10FNO5. The summed E-state index contributed by atoms with van der Waals surface area (Å²) in [6, 6.07) is 0. The first kappa shape index (κ1) is 10.3. The Bertz CT molecular complexity index is 361. The lowest BCUT2D eigenvalue weighted by Crippen LogP contribution is -2.50. The number of hydrogen-bond acceptors (Lipinski definition) is 4. The molecule has 5 N–H and O–H groups in total. The van der Waals surface area contributed by atoms with Gasteiger partial charge in [0.05, 0.1) is 11.6 Å². The van der Waals surface area contributed by atoms with Crippen molar-refractivity contribution < 1.29 is 29.3 Å². The Morgan fingerprint density at radius 1 is 1.40 bits per heavy atom. The largest absolute Gasteiger partial charge is 0.481 e. The van der Waals surface area contributed by atoms with Crippen LogP contribution in [0.5, 0.6) is 0 Å². The highest BCUT2D eigenvalue weighted by Crippen LogP contribution is 2.67. The summed E-state index contributed by atoms with van der Waals surface area (Å²) in [6.07, 6.45) is -1.50. The number of aliphatic hydroxyl groups is 1. The van der Waals surface area contributed by atoms with Gasteiger partial charge in [0.2, 0.25) is 5.67 Å². The monoisotopic (exact) mass is 219 g/mol. The lowest BCUT2D eigenvalue weighted by Gasteiger charge is -2.22. The number of carboxylic acids is 2. The van der Waals surface area contributed by atoms with E-state index >= 15 is 0 Å². The molecule has 0 aliphatic heterocycles. The molecule has 0 bridgehead atoms. The lowest BCUT2D eigenvalue weighted by molar-refractivity contribution is -0.152. The zero-order valence-electron chi connectivity index (χ0n) is 7.55. The molecule has 0 spiro atoms. The predicted molar refractivity (Wildman–Crippen MR) is 43.6 cm³/mol. The molecule has 2 rings (SSSR count). The third-order valence-corrected chi connectivity index (χ3v) is 3.56. The fraction of sp³-hybridized carbons (Fsp3) is 0.750. The molecule has 0 aromatic heterocycles. The average molecular weight is 219 g/mol. The van der Waals surface area contributed by atoms with Crippen molar-refractivity contribution in [3.05, 3.63) is 0 Å². The smallest absolute Gasteiger partial charge is 0.343 e. The first-order valence-corrected chi connectivity index (χ1v) is 4.40. The zero-order chi connectivity index (χ0) is 11.6. The molecule has 0 amide bonds. The maximum absolute atomic E-state index is 13.8. The van der Waals surface area contributed by atoms with E-state index in [9.17, 15) is 19.1 Å². The van der Waals surface area contributed by atoms with Crippen LogP contribution in [0.15, 0.2) is 0 Å². The molecule has 2 aliphatic rings. The average Bonchev–Trinajstić information content (AvgIpc) is 2.46. The topological polar surface area (TPSA) is 121 Å². The third-order valence-electron chi connectivity index (χ3n) is 3.56. The molecule has 0 aromatic rings. The molecule has 84 valence electrons. The van der Waals surface area contributed by atoms with Gasteiger partial charge in [-0.2, -0.15) is 0 Å². The van der Waals surface area contributed by atoms with Crippen LogP contribution in [0.3, 0.4) is 0 Å². The van der Waals surface area contributed by atoms with Crippen LogP contribution in [0, 0.1) is 11.8 Å². The van der Waals surface area contributed by atoms with E-state index in [4.69, 9.17) is 15.9 Å². The van der Waals surface area contributed by atoms with Crippen LogP contribution in [0.25, 0.3) is 0 Å². The molecule has 0 saturated heterocycles. The summed E-state index contributed by atoms with van der Waals surface area (Å²) in [5, 5.41) is 26.7. The van der Waals surface area contributed by atoms with E-state index in [1.165, 1.54) is 0 Å². The number of aliphatic carboxylic acids is 2. The summed E-state index contributed by atoms with van der Waals surface area (Å²) in [6.45, 7) is 0. The zero-order valence-corrected chi connectivity index (χ0v) is 7.55. The number of nitrogens with two attached hydrogens (primary N) is 1. The first-order valence-electron chi connectivity index (χ1n) is 4.40. The van der Waals surface area contributed by atoms with Crippen molar-refractivity contribution in [2.45, 2.75) is 23.7 Å². The van der Waals surface area contributed by atoms with Crippen molar-refractivity contribution in [3.63, 3.8) is 0 Å². The van der Waals surface area contributed by atoms with Crippen LogP contribution >= 0.6 is 0 Å². The van der Waals surface area contributed by atoms with Crippen molar-refractivity contribution >= 4 is 11.9 Å². The first-order chi connectivity index (χ1) is 6.77. The summed E-state index contributed by atoms with van der Waals surface area (Å²) in [7, 11) is 0. The molecule has 2 fully saturated rings. The van der Waals surface area contributed by atoms with Crippen LogP contribution < -0.4 is 5.73 Å². The summed E-state index contributed by atoms with van der Waals surface area (Å²) < 4.78 is 13.8. The van der Waals surface area contributed by atoms with Gasteiger partial charge in [0.1, 0.15) is 5.92 Å². The van der Waals surface area contributed by atoms with Gasteiger partial charge >= 0.3 is 11.9 Å². The molecule has 2 saturated carbocycles. The van der Waals surface area contributed by atoms with Gasteiger partial charge in [-0.3, -0.25) is 4.79 Å². The van der Waals surface area contributed by atoms with Gasteiger partial charge in [-0.1, -0.05) is 0 Å². The molecule has 5 unspecified atom stereocenters.